The van der Waals surface area contributed by atoms with Crippen LogP contribution in [0.4, 0.5) is 0 Å². The summed E-state index contributed by atoms with van der Waals surface area (Å²) in [6.45, 7) is 7.45. The number of ketones is 1. The molecule has 0 radical (unpaired) electrons. The summed E-state index contributed by atoms with van der Waals surface area (Å²) in [5, 5.41) is 20.3. The average Bonchev–Trinajstić information content (AvgIpc) is 1.85. The molecule has 90 valence electrons. The Balaban J connectivity index is -0.0000000230. The molecule has 0 aliphatic rings. The SMILES string of the molecule is C.C.C.C=C([O-])[O-].[CH2-]C(NC)C(C)=O.[Na+]. The van der Waals surface area contributed by atoms with Gasteiger partial charge in [-0.15, -0.1) is 6.58 Å². The first-order valence-corrected chi connectivity index (χ1v) is 2.95. The summed E-state index contributed by atoms with van der Waals surface area (Å²) in [6, 6.07) is -0.236. The van der Waals surface area contributed by atoms with Crippen LogP contribution in [0.25, 0.3) is 0 Å². The summed E-state index contributed by atoms with van der Waals surface area (Å²) in [5.74, 6) is -1.26. The Labute approximate surface area is 117 Å². The van der Waals surface area contributed by atoms with Gasteiger partial charge in [0.05, 0.1) is 0 Å². The smallest absolute Gasteiger partial charge is 0.884 e. The van der Waals surface area contributed by atoms with E-state index in [2.05, 4.69) is 18.8 Å². The molecule has 0 saturated heterocycles. The van der Waals surface area contributed by atoms with E-state index in [0.717, 1.165) is 0 Å². The number of Topliss-reactive ketones (excluding diaryl/α,β-unsaturated/α-hetero) is 1. The van der Waals surface area contributed by atoms with Gasteiger partial charge in [-0.2, -0.15) is 0 Å². The van der Waals surface area contributed by atoms with Gasteiger partial charge in [-0.3, -0.25) is 0 Å². The van der Waals surface area contributed by atoms with Crippen LogP contribution in [0.3, 0.4) is 0 Å². The molecule has 0 aromatic heterocycles. The molecule has 4 nitrogen and oxygen atoms in total. The molecule has 1 N–H and O–H groups in total. The topological polar surface area (TPSA) is 75.2 Å². The second kappa shape index (κ2) is 23.6. The molecular weight excluding hydrogens is 205 g/mol. The maximum atomic E-state index is 10.2. The number of carbonyl (C=O) groups is 1. The first-order chi connectivity index (χ1) is 4.91. The predicted molar refractivity (Wildman–Crippen MR) is 58.2 cm³/mol. The fourth-order valence-corrected chi connectivity index (χ4v) is 0.203. The Hall–Kier alpha value is -0.0300. The van der Waals surface area contributed by atoms with Gasteiger partial charge in [0.15, 0.2) is 0 Å². The van der Waals surface area contributed by atoms with Gasteiger partial charge in [-0.05, 0) is 14.0 Å². The summed E-state index contributed by atoms with van der Waals surface area (Å²) < 4.78 is 0. The van der Waals surface area contributed by atoms with Gasteiger partial charge in [0, 0.05) is 0 Å². The van der Waals surface area contributed by atoms with Crippen LogP contribution in [-0.2, 0) is 4.79 Å². The number of rotatable bonds is 2. The van der Waals surface area contributed by atoms with E-state index in [0.29, 0.717) is 0 Å². The maximum Gasteiger partial charge on any atom is 1.00 e. The molecule has 0 saturated carbocycles. The predicted octanol–water partition coefficient (Wildman–Crippen LogP) is -2.91. The van der Waals surface area contributed by atoms with E-state index in [1.54, 1.807) is 7.05 Å². The molecule has 0 aliphatic carbocycles. The van der Waals surface area contributed by atoms with Crippen LogP contribution in [0.1, 0.15) is 29.2 Å². The Bertz CT molecular complexity index is 137. The Morgan fingerprint density at radius 1 is 1.33 bits per heavy atom. The minimum atomic E-state index is -1.33. The van der Waals surface area contributed by atoms with Crippen molar-refractivity contribution in [2.75, 3.05) is 7.05 Å². The molecular formula is C10H24NNaO3-2. The van der Waals surface area contributed by atoms with Crippen LogP contribution in [0.5, 0.6) is 0 Å². The first kappa shape index (κ1) is 36.3. The van der Waals surface area contributed by atoms with Crippen molar-refractivity contribution in [3.8, 4) is 0 Å². The maximum absolute atomic E-state index is 10.2. The van der Waals surface area contributed by atoms with Gasteiger partial charge in [-0.25, -0.2) is 5.95 Å². The Kier molecular flexibility index (Phi) is 57.2. The largest absolute Gasteiger partial charge is 1.00 e. The van der Waals surface area contributed by atoms with E-state index >= 15 is 0 Å². The second-order valence-corrected chi connectivity index (χ2v) is 1.82. The molecule has 0 spiro atoms. The van der Waals surface area contributed by atoms with Gasteiger partial charge in [0.25, 0.3) is 0 Å². The van der Waals surface area contributed by atoms with Gasteiger partial charge >= 0.3 is 29.6 Å². The fraction of sp³-hybridized carbons (Fsp3) is 0.600. The number of likely N-dealkylation sites (N-methyl/N-ethyl adjacent to an activating group) is 1. The zero-order chi connectivity index (χ0) is 9.44. The Morgan fingerprint density at radius 2 is 1.53 bits per heavy atom. The molecule has 0 rings (SSSR count). The summed E-state index contributed by atoms with van der Waals surface area (Å²) in [6.07, 6.45) is 0. The molecule has 1 unspecified atom stereocenters. The number of hydrogen-bond donors (Lipinski definition) is 1. The third kappa shape index (κ3) is 56.2. The zero-order valence-corrected chi connectivity index (χ0v) is 9.72. The van der Waals surface area contributed by atoms with Crippen molar-refractivity contribution in [3.63, 3.8) is 0 Å². The van der Waals surface area contributed by atoms with Crippen molar-refractivity contribution in [1.82, 2.24) is 5.32 Å². The number of hydrogen-bond acceptors (Lipinski definition) is 4. The van der Waals surface area contributed by atoms with E-state index in [1.807, 2.05) is 0 Å². The van der Waals surface area contributed by atoms with Gasteiger partial charge < -0.3 is 27.2 Å². The van der Waals surface area contributed by atoms with E-state index in [4.69, 9.17) is 10.2 Å². The van der Waals surface area contributed by atoms with Crippen LogP contribution in [0.15, 0.2) is 12.5 Å². The van der Waals surface area contributed by atoms with Gasteiger partial charge in [0.2, 0.25) is 0 Å². The molecule has 0 heterocycles. The summed E-state index contributed by atoms with van der Waals surface area (Å²) >= 11 is 0. The van der Waals surface area contributed by atoms with Crippen LogP contribution in [0.2, 0.25) is 0 Å². The van der Waals surface area contributed by atoms with E-state index < -0.39 is 5.95 Å². The van der Waals surface area contributed by atoms with Crippen molar-refractivity contribution in [1.29, 1.82) is 0 Å². The third-order valence-electron chi connectivity index (χ3n) is 0.839. The van der Waals surface area contributed by atoms with Crippen molar-refractivity contribution < 1.29 is 44.6 Å². The molecule has 5 heteroatoms. The van der Waals surface area contributed by atoms with Crippen LogP contribution in [-0.4, -0.2) is 18.9 Å². The second-order valence-electron chi connectivity index (χ2n) is 1.82. The molecule has 0 aliphatic heterocycles. The summed E-state index contributed by atoms with van der Waals surface area (Å²) in [5.41, 5.74) is 0. The molecule has 0 aromatic carbocycles. The monoisotopic (exact) mass is 229 g/mol. The van der Waals surface area contributed by atoms with Crippen LogP contribution < -0.4 is 45.1 Å². The van der Waals surface area contributed by atoms with Crippen LogP contribution in [0, 0.1) is 6.92 Å². The van der Waals surface area contributed by atoms with Crippen molar-refractivity contribution >= 4 is 5.78 Å². The molecule has 0 aromatic rings. The molecule has 0 fully saturated rings. The molecule has 0 amide bonds. The standard InChI is InChI=1S/C5H10NO.C2H4O2.3CH4.Na/c1-4(6-3)5(2)7;1-2(3)4;;;;/h4,6H,1H2,2-3H3;3-4H,1H2;3*1H4;/q-1;;;;;+1/p-2. The molecule has 15 heavy (non-hydrogen) atoms. The number of carbonyl (C=O) groups excluding carboxylic acids is 1. The zero-order valence-electron chi connectivity index (χ0n) is 7.72. The first-order valence-electron chi connectivity index (χ1n) is 2.95. The minimum absolute atomic E-state index is 0. The van der Waals surface area contributed by atoms with E-state index in [9.17, 15) is 4.79 Å². The molecule has 0 bridgehead atoms. The van der Waals surface area contributed by atoms with Crippen molar-refractivity contribution in [2.24, 2.45) is 0 Å². The Morgan fingerprint density at radius 3 is 1.53 bits per heavy atom. The van der Waals surface area contributed by atoms with Gasteiger partial charge in [0.1, 0.15) is 5.78 Å². The summed E-state index contributed by atoms with van der Waals surface area (Å²) in [7, 11) is 1.71. The molecule has 1 atom stereocenters. The number of nitrogens with one attached hydrogen (secondary N) is 1. The van der Waals surface area contributed by atoms with Gasteiger partial charge in [-0.1, -0.05) is 28.3 Å². The fourth-order valence-electron chi connectivity index (χ4n) is 0.203. The van der Waals surface area contributed by atoms with Crippen molar-refractivity contribution in [2.45, 2.75) is 35.2 Å². The summed E-state index contributed by atoms with van der Waals surface area (Å²) in [4.78, 5) is 10.2. The average molecular weight is 229 g/mol. The minimum Gasteiger partial charge on any atom is -0.884 e. The van der Waals surface area contributed by atoms with Crippen LogP contribution >= 0.6 is 0 Å². The van der Waals surface area contributed by atoms with E-state index in [1.165, 1.54) is 6.92 Å². The normalized spacial score (nSPS) is 7.93. The van der Waals surface area contributed by atoms with E-state index in [-0.39, 0.29) is 63.7 Å². The van der Waals surface area contributed by atoms with Crippen molar-refractivity contribution in [3.05, 3.63) is 19.4 Å². The quantitative estimate of drug-likeness (QED) is 0.313. The third-order valence-corrected chi connectivity index (χ3v) is 0.839.